The van der Waals surface area contributed by atoms with Crippen LogP contribution in [0.15, 0.2) is 16.7 Å². The predicted molar refractivity (Wildman–Crippen MR) is 79.9 cm³/mol. The Morgan fingerprint density at radius 3 is 3.16 bits per heavy atom. The lowest BCUT2D eigenvalue weighted by Crippen LogP contribution is -2.33. The summed E-state index contributed by atoms with van der Waals surface area (Å²) in [6.45, 7) is 5.37. The van der Waals surface area contributed by atoms with Crippen LogP contribution in [-0.2, 0) is 6.54 Å². The lowest BCUT2D eigenvalue weighted by molar-refractivity contribution is 0.246. The maximum absolute atomic E-state index is 6.05. The lowest BCUT2D eigenvalue weighted by Gasteiger charge is -2.23. The van der Waals surface area contributed by atoms with E-state index in [1.54, 1.807) is 6.20 Å². The summed E-state index contributed by atoms with van der Waals surface area (Å²) in [5.74, 6) is 0.559. The van der Waals surface area contributed by atoms with Crippen molar-refractivity contribution >= 4 is 33.0 Å². The Morgan fingerprint density at radius 2 is 2.37 bits per heavy atom. The second-order valence-corrected chi connectivity index (χ2v) is 5.92. The maximum Gasteiger partial charge on any atom is 0.202 e. The van der Waals surface area contributed by atoms with Crippen LogP contribution in [0.5, 0.6) is 0 Å². The number of likely N-dealkylation sites (tertiary alicyclic amines) is 1. The number of hydrogen-bond donors (Lipinski definition) is 1. The van der Waals surface area contributed by atoms with Crippen molar-refractivity contribution in [3.05, 3.63) is 16.7 Å². The number of pyridine rings is 1. The molecule has 3 heterocycles. The highest BCUT2D eigenvalue weighted by Crippen LogP contribution is 2.24. The van der Waals surface area contributed by atoms with Crippen LogP contribution in [0.2, 0.25) is 0 Å². The smallest absolute Gasteiger partial charge is 0.202 e. The van der Waals surface area contributed by atoms with Gasteiger partial charge >= 0.3 is 0 Å². The molecule has 0 amide bonds. The summed E-state index contributed by atoms with van der Waals surface area (Å²) in [6.07, 6.45) is 4.29. The number of aromatic nitrogens is 3. The first-order valence-corrected chi connectivity index (χ1v) is 7.49. The van der Waals surface area contributed by atoms with Gasteiger partial charge in [-0.3, -0.25) is 9.47 Å². The van der Waals surface area contributed by atoms with Crippen molar-refractivity contribution in [2.45, 2.75) is 32.4 Å². The minimum Gasteiger partial charge on any atom is -0.369 e. The number of likely N-dealkylation sites (N-methyl/N-ethyl adjacent to an activating group) is 1. The first-order valence-electron chi connectivity index (χ1n) is 6.70. The number of anilines is 1. The monoisotopic (exact) mass is 323 g/mol. The first kappa shape index (κ1) is 12.9. The molecule has 3 rings (SSSR count). The molecule has 0 aliphatic carbocycles. The molecule has 1 aliphatic heterocycles. The zero-order chi connectivity index (χ0) is 13.4. The van der Waals surface area contributed by atoms with Gasteiger partial charge in [-0.15, -0.1) is 0 Å². The Morgan fingerprint density at radius 1 is 1.53 bits per heavy atom. The Hall–Kier alpha value is -1.14. The van der Waals surface area contributed by atoms with Crippen molar-refractivity contribution in [2.24, 2.45) is 0 Å². The molecule has 19 heavy (non-hydrogen) atoms. The molecule has 0 saturated carbocycles. The minimum atomic E-state index is 0.551. The van der Waals surface area contributed by atoms with Gasteiger partial charge in [0.05, 0.1) is 0 Å². The third-order valence-corrected chi connectivity index (χ3v) is 4.31. The highest BCUT2D eigenvalue weighted by molar-refractivity contribution is 9.10. The summed E-state index contributed by atoms with van der Waals surface area (Å²) in [5.41, 5.74) is 7.78. The summed E-state index contributed by atoms with van der Waals surface area (Å²) in [4.78, 5) is 11.4. The van der Waals surface area contributed by atoms with E-state index >= 15 is 0 Å². The molecule has 1 fully saturated rings. The van der Waals surface area contributed by atoms with Crippen LogP contribution in [0.3, 0.4) is 0 Å². The number of rotatable bonds is 3. The fourth-order valence-corrected chi connectivity index (χ4v) is 3.23. The molecule has 102 valence electrons. The van der Waals surface area contributed by atoms with Crippen molar-refractivity contribution in [1.82, 2.24) is 19.4 Å². The minimum absolute atomic E-state index is 0.551. The highest BCUT2D eigenvalue weighted by atomic mass is 79.9. The zero-order valence-corrected chi connectivity index (χ0v) is 12.6. The molecule has 6 heteroatoms. The Bertz CT molecular complexity index is 594. The molecule has 1 aliphatic rings. The van der Waals surface area contributed by atoms with Gasteiger partial charge in [0.15, 0.2) is 5.65 Å². The van der Waals surface area contributed by atoms with Crippen molar-refractivity contribution < 1.29 is 0 Å². The molecule has 1 atom stereocenters. The number of nitrogens with two attached hydrogens (primary N) is 1. The number of nitrogens with zero attached hydrogens (tertiary/aromatic N) is 4. The SMILES string of the molecule is CCN1CCCC1Cn1c(N)nc2cc(Br)cnc21. The summed E-state index contributed by atoms with van der Waals surface area (Å²) in [5, 5.41) is 0. The van der Waals surface area contributed by atoms with Gasteiger partial charge in [-0.2, -0.15) is 0 Å². The third-order valence-electron chi connectivity index (χ3n) is 3.88. The molecule has 0 aromatic carbocycles. The van der Waals surface area contributed by atoms with Gasteiger partial charge in [-0.05, 0) is 47.9 Å². The molecular weight excluding hydrogens is 306 g/mol. The van der Waals surface area contributed by atoms with E-state index in [0.717, 1.165) is 28.7 Å². The van der Waals surface area contributed by atoms with E-state index in [1.807, 2.05) is 10.6 Å². The fourth-order valence-electron chi connectivity index (χ4n) is 2.91. The number of hydrogen-bond acceptors (Lipinski definition) is 4. The molecule has 1 unspecified atom stereocenters. The zero-order valence-electron chi connectivity index (χ0n) is 11.0. The summed E-state index contributed by atoms with van der Waals surface area (Å²) in [6, 6.07) is 2.51. The van der Waals surface area contributed by atoms with E-state index in [4.69, 9.17) is 5.73 Å². The largest absolute Gasteiger partial charge is 0.369 e. The molecule has 1 saturated heterocycles. The lowest BCUT2D eigenvalue weighted by atomic mass is 10.2. The normalized spacial score (nSPS) is 20.4. The molecule has 0 spiro atoms. The average Bonchev–Trinajstić information content (AvgIpc) is 2.95. The van der Waals surface area contributed by atoms with Crippen LogP contribution >= 0.6 is 15.9 Å². The van der Waals surface area contributed by atoms with Gasteiger partial charge in [0.2, 0.25) is 5.95 Å². The van der Waals surface area contributed by atoms with Crippen LogP contribution < -0.4 is 5.73 Å². The van der Waals surface area contributed by atoms with E-state index in [0.29, 0.717) is 12.0 Å². The molecule has 2 aromatic rings. The van der Waals surface area contributed by atoms with Gasteiger partial charge in [0, 0.05) is 23.3 Å². The Kier molecular flexibility index (Phi) is 3.45. The van der Waals surface area contributed by atoms with Crippen molar-refractivity contribution in [3.8, 4) is 0 Å². The number of nitrogen functional groups attached to an aromatic ring is 1. The van der Waals surface area contributed by atoms with Gasteiger partial charge in [-0.1, -0.05) is 6.92 Å². The van der Waals surface area contributed by atoms with Gasteiger partial charge in [-0.25, -0.2) is 9.97 Å². The highest BCUT2D eigenvalue weighted by Gasteiger charge is 2.24. The first-order chi connectivity index (χ1) is 9.19. The van der Waals surface area contributed by atoms with Crippen molar-refractivity contribution in [2.75, 3.05) is 18.8 Å². The Balaban J connectivity index is 1.94. The number of imidazole rings is 1. The molecule has 2 N–H and O–H groups in total. The van der Waals surface area contributed by atoms with Crippen molar-refractivity contribution in [3.63, 3.8) is 0 Å². The molecule has 2 aromatic heterocycles. The maximum atomic E-state index is 6.05. The molecule has 5 nitrogen and oxygen atoms in total. The third kappa shape index (κ3) is 2.34. The summed E-state index contributed by atoms with van der Waals surface area (Å²) < 4.78 is 2.97. The van der Waals surface area contributed by atoms with Gasteiger partial charge < -0.3 is 5.73 Å². The van der Waals surface area contributed by atoms with E-state index < -0.39 is 0 Å². The second kappa shape index (κ2) is 5.09. The van der Waals surface area contributed by atoms with Gasteiger partial charge in [0.1, 0.15) is 5.52 Å². The number of halogens is 1. The van der Waals surface area contributed by atoms with Crippen LogP contribution in [0.25, 0.3) is 11.2 Å². The van der Waals surface area contributed by atoms with E-state index in [9.17, 15) is 0 Å². The standard InChI is InChI=1S/C13H18BrN5/c1-2-18-5-3-4-10(18)8-19-12-11(17-13(19)15)6-9(14)7-16-12/h6-7,10H,2-5,8H2,1H3,(H2,15,17). The van der Waals surface area contributed by atoms with Crippen LogP contribution in [0.4, 0.5) is 5.95 Å². The van der Waals surface area contributed by atoms with E-state index in [-0.39, 0.29) is 0 Å². The van der Waals surface area contributed by atoms with Crippen LogP contribution in [0, 0.1) is 0 Å². The summed E-state index contributed by atoms with van der Waals surface area (Å²) >= 11 is 3.41. The second-order valence-electron chi connectivity index (χ2n) is 5.00. The molecular formula is C13H18BrN5. The quantitative estimate of drug-likeness (QED) is 0.941. The number of fused-ring (bicyclic) bond motifs is 1. The van der Waals surface area contributed by atoms with Crippen LogP contribution in [0.1, 0.15) is 19.8 Å². The van der Waals surface area contributed by atoms with Crippen molar-refractivity contribution in [1.29, 1.82) is 0 Å². The van der Waals surface area contributed by atoms with E-state index in [2.05, 4.69) is 37.7 Å². The molecule has 0 bridgehead atoms. The fraction of sp³-hybridized carbons (Fsp3) is 0.538. The predicted octanol–water partition coefficient (Wildman–Crippen LogP) is 2.26. The summed E-state index contributed by atoms with van der Waals surface area (Å²) in [7, 11) is 0. The average molecular weight is 324 g/mol. The Labute approximate surface area is 120 Å². The molecule has 0 radical (unpaired) electrons. The topological polar surface area (TPSA) is 60.0 Å². The van der Waals surface area contributed by atoms with E-state index in [1.165, 1.54) is 19.4 Å². The van der Waals surface area contributed by atoms with Crippen LogP contribution in [-0.4, -0.2) is 38.6 Å². The van der Waals surface area contributed by atoms with Gasteiger partial charge in [0.25, 0.3) is 0 Å².